The fourth-order valence-corrected chi connectivity index (χ4v) is 2.84. The highest BCUT2D eigenvalue weighted by atomic mass is 19.1. The van der Waals surface area contributed by atoms with Gasteiger partial charge in [-0.05, 0) is 35.9 Å². The minimum Gasteiger partial charge on any atom is -0.361 e. The van der Waals surface area contributed by atoms with Crippen LogP contribution in [0.1, 0.15) is 26.3 Å². The summed E-state index contributed by atoms with van der Waals surface area (Å²) in [6, 6.07) is 10.4. The van der Waals surface area contributed by atoms with Crippen LogP contribution in [-0.4, -0.2) is 27.8 Å². The molecule has 7 heteroatoms. The van der Waals surface area contributed by atoms with Gasteiger partial charge >= 0.3 is 5.97 Å². The number of nitrogens with zero attached hydrogens (tertiary/aromatic N) is 1. The molecule has 0 atom stereocenters. The second-order valence-electron chi connectivity index (χ2n) is 5.59. The van der Waals surface area contributed by atoms with Crippen molar-refractivity contribution < 1.29 is 23.6 Å². The number of hydrogen-bond donors (Lipinski definition) is 1. The van der Waals surface area contributed by atoms with E-state index in [0.717, 1.165) is 0 Å². The van der Waals surface area contributed by atoms with Crippen LogP contribution in [0.4, 0.5) is 4.39 Å². The number of aromatic nitrogens is 1. The lowest BCUT2D eigenvalue weighted by Gasteiger charge is -2.12. The third-order valence-corrected chi connectivity index (χ3v) is 4.01. The summed E-state index contributed by atoms with van der Waals surface area (Å²) in [7, 11) is 0. The van der Waals surface area contributed by atoms with Gasteiger partial charge in [-0.25, -0.2) is 9.18 Å². The number of benzene rings is 2. The van der Waals surface area contributed by atoms with Gasteiger partial charge in [0.25, 0.3) is 11.8 Å². The number of H-pyrrole nitrogens is 1. The molecule has 0 fully saturated rings. The van der Waals surface area contributed by atoms with E-state index in [2.05, 4.69) is 4.98 Å². The van der Waals surface area contributed by atoms with Gasteiger partial charge in [-0.2, -0.15) is 0 Å². The maximum absolute atomic E-state index is 13.2. The number of imide groups is 1. The fourth-order valence-electron chi connectivity index (χ4n) is 2.84. The van der Waals surface area contributed by atoms with E-state index >= 15 is 0 Å². The van der Waals surface area contributed by atoms with Crippen LogP contribution in [-0.2, 0) is 16.1 Å². The summed E-state index contributed by atoms with van der Waals surface area (Å²) in [4.78, 5) is 44.3. The summed E-state index contributed by atoms with van der Waals surface area (Å²) < 4.78 is 13.2. The van der Waals surface area contributed by atoms with Crippen molar-refractivity contribution in [3.05, 3.63) is 71.2 Å². The minimum absolute atomic E-state index is 0.168. The highest BCUT2D eigenvalue weighted by molar-refractivity contribution is 6.20. The largest absolute Gasteiger partial charge is 0.361 e. The maximum atomic E-state index is 13.2. The summed E-state index contributed by atoms with van der Waals surface area (Å²) in [6.07, 6.45) is 1.40. The Morgan fingerprint density at radius 1 is 1.08 bits per heavy atom. The van der Waals surface area contributed by atoms with Crippen molar-refractivity contribution in [3.63, 3.8) is 0 Å². The van der Waals surface area contributed by atoms with E-state index in [4.69, 9.17) is 4.84 Å². The Morgan fingerprint density at radius 2 is 1.76 bits per heavy atom. The lowest BCUT2D eigenvalue weighted by atomic mass is 10.1. The van der Waals surface area contributed by atoms with Crippen molar-refractivity contribution in [1.82, 2.24) is 10.0 Å². The van der Waals surface area contributed by atoms with E-state index < -0.39 is 23.6 Å². The number of fused-ring (bicyclic) bond motifs is 2. The Bertz CT molecular complexity index is 1010. The van der Waals surface area contributed by atoms with Gasteiger partial charge in [-0.3, -0.25) is 9.59 Å². The highest BCUT2D eigenvalue weighted by Crippen LogP contribution is 2.24. The first-order valence-corrected chi connectivity index (χ1v) is 7.49. The predicted octanol–water partition coefficient (Wildman–Crippen LogP) is 2.60. The molecular formula is C18H11FN2O4. The molecule has 4 rings (SSSR count). The smallest absolute Gasteiger partial charge is 0.337 e. The van der Waals surface area contributed by atoms with Gasteiger partial charge in [0.2, 0.25) is 0 Å². The first-order chi connectivity index (χ1) is 12.0. The molecule has 1 N–H and O–H groups in total. The predicted molar refractivity (Wildman–Crippen MR) is 85.0 cm³/mol. The number of rotatable bonds is 3. The SMILES string of the molecule is O=C(Cc1c[nH]c2cc(F)ccc12)ON1C(=O)c2ccccc2C1=O. The number of aromatic amines is 1. The molecule has 0 bridgehead atoms. The van der Waals surface area contributed by atoms with Crippen molar-refractivity contribution in [2.75, 3.05) is 0 Å². The summed E-state index contributed by atoms with van der Waals surface area (Å²) in [5.41, 5.74) is 1.52. The molecular weight excluding hydrogens is 327 g/mol. The third-order valence-electron chi connectivity index (χ3n) is 4.01. The van der Waals surface area contributed by atoms with Crippen LogP contribution in [0.25, 0.3) is 10.9 Å². The molecule has 3 aromatic rings. The molecule has 124 valence electrons. The van der Waals surface area contributed by atoms with Gasteiger partial charge < -0.3 is 9.82 Å². The molecule has 0 saturated carbocycles. The Morgan fingerprint density at radius 3 is 2.44 bits per heavy atom. The van der Waals surface area contributed by atoms with Crippen LogP contribution in [0, 0.1) is 5.82 Å². The Labute approximate surface area is 140 Å². The van der Waals surface area contributed by atoms with Crippen molar-refractivity contribution >= 4 is 28.7 Å². The third kappa shape index (κ3) is 2.46. The molecule has 2 amide bonds. The van der Waals surface area contributed by atoms with Crippen LogP contribution in [0.2, 0.25) is 0 Å². The molecule has 2 aromatic carbocycles. The number of nitrogens with one attached hydrogen (secondary N) is 1. The van der Waals surface area contributed by atoms with Gasteiger partial charge in [-0.1, -0.05) is 17.2 Å². The molecule has 1 aliphatic rings. The average molecular weight is 338 g/mol. The molecule has 1 aliphatic heterocycles. The Hall–Kier alpha value is -3.48. The molecule has 0 aliphatic carbocycles. The fraction of sp³-hybridized carbons (Fsp3) is 0.0556. The molecule has 1 aromatic heterocycles. The second-order valence-corrected chi connectivity index (χ2v) is 5.59. The zero-order chi connectivity index (χ0) is 17.6. The van der Waals surface area contributed by atoms with Crippen molar-refractivity contribution in [2.45, 2.75) is 6.42 Å². The van der Waals surface area contributed by atoms with Crippen LogP contribution in [0.3, 0.4) is 0 Å². The van der Waals surface area contributed by atoms with Crippen LogP contribution >= 0.6 is 0 Å². The Kier molecular flexibility index (Phi) is 3.35. The molecule has 0 unspecified atom stereocenters. The lowest BCUT2D eigenvalue weighted by molar-refractivity contribution is -0.167. The topological polar surface area (TPSA) is 79.5 Å². The van der Waals surface area contributed by atoms with Gasteiger partial charge in [-0.15, -0.1) is 0 Å². The minimum atomic E-state index is -0.764. The average Bonchev–Trinajstić information content (AvgIpc) is 3.09. The van der Waals surface area contributed by atoms with Crippen LogP contribution in [0.15, 0.2) is 48.7 Å². The molecule has 25 heavy (non-hydrogen) atoms. The van der Waals surface area contributed by atoms with E-state index in [1.807, 2.05) is 0 Å². The summed E-state index contributed by atoms with van der Waals surface area (Å²) in [5, 5.41) is 1.14. The van der Waals surface area contributed by atoms with E-state index in [1.165, 1.54) is 24.3 Å². The van der Waals surface area contributed by atoms with Gasteiger partial charge in [0.15, 0.2) is 0 Å². The molecule has 0 saturated heterocycles. The van der Waals surface area contributed by atoms with Gasteiger partial charge in [0.1, 0.15) is 5.82 Å². The van der Waals surface area contributed by atoms with Crippen LogP contribution < -0.4 is 0 Å². The Balaban J connectivity index is 1.53. The van der Waals surface area contributed by atoms with E-state index in [0.29, 0.717) is 21.5 Å². The zero-order valence-electron chi connectivity index (χ0n) is 12.8. The van der Waals surface area contributed by atoms with Crippen molar-refractivity contribution in [3.8, 4) is 0 Å². The number of carbonyl (C=O) groups excluding carboxylic acids is 3. The molecule has 2 heterocycles. The van der Waals surface area contributed by atoms with Crippen molar-refractivity contribution in [1.29, 1.82) is 0 Å². The standard InChI is InChI=1S/C18H11FN2O4/c19-11-5-6-12-10(9-20-15(12)8-11)7-16(22)25-21-17(23)13-3-1-2-4-14(13)18(21)24/h1-6,8-9,20H,7H2. The number of hydroxylamine groups is 2. The lowest BCUT2D eigenvalue weighted by Crippen LogP contribution is -2.33. The monoisotopic (exact) mass is 338 g/mol. The number of amides is 2. The van der Waals surface area contributed by atoms with Crippen LogP contribution in [0.5, 0.6) is 0 Å². The van der Waals surface area contributed by atoms with Gasteiger partial charge in [0.05, 0.1) is 17.5 Å². The maximum Gasteiger partial charge on any atom is 0.337 e. The second kappa shape index (κ2) is 5.55. The first kappa shape index (κ1) is 15.1. The zero-order valence-corrected chi connectivity index (χ0v) is 12.8. The van der Waals surface area contributed by atoms with E-state index in [9.17, 15) is 18.8 Å². The molecule has 0 radical (unpaired) electrons. The van der Waals surface area contributed by atoms with Crippen molar-refractivity contribution in [2.24, 2.45) is 0 Å². The molecule has 0 spiro atoms. The van der Waals surface area contributed by atoms with E-state index in [1.54, 1.807) is 24.4 Å². The summed E-state index contributed by atoms with van der Waals surface area (Å²) in [5.74, 6) is -2.50. The quantitative estimate of drug-likeness (QED) is 0.745. The summed E-state index contributed by atoms with van der Waals surface area (Å²) >= 11 is 0. The highest BCUT2D eigenvalue weighted by Gasteiger charge is 2.38. The number of halogens is 1. The van der Waals surface area contributed by atoms with Gasteiger partial charge in [0, 0.05) is 17.1 Å². The van der Waals surface area contributed by atoms with E-state index in [-0.39, 0.29) is 17.5 Å². The molecule has 6 nitrogen and oxygen atoms in total. The number of hydrogen-bond acceptors (Lipinski definition) is 4. The normalized spacial score (nSPS) is 13.4. The number of carbonyl (C=O) groups is 3. The summed E-state index contributed by atoms with van der Waals surface area (Å²) in [6.45, 7) is 0. The first-order valence-electron chi connectivity index (χ1n) is 7.49.